The van der Waals surface area contributed by atoms with Gasteiger partial charge in [-0.3, -0.25) is 4.84 Å². The van der Waals surface area contributed by atoms with E-state index in [-0.39, 0.29) is 12.4 Å². The summed E-state index contributed by atoms with van der Waals surface area (Å²) < 4.78 is 5.02. The van der Waals surface area contributed by atoms with E-state index in [2.05, 4.69) is 0 Å². The fourth-order valence-electron chi connectivity index (χ4n) is 0.569. The normalized spacial score (nSPS) is 10.4. The lowest BCUT2D eigenvalue weighted by Crippen LogP contribution is -2.35. The first kappa shape index (κ1) is 15.9. The van der Waals surface area contributed by atoms with E-state index >= 15 is 0 Å². The van der Waals surface area contributed by atoms with Crippen molar-refractivity contribution in [3.05, 3.63) is 0 Å². The molecule has 0 heterocycles. The summed E-state index contributed by atoms with van der Waals surface area (Å²) in [6.45, 7) is 6.05. The van der Waals surface area contributed by atoms with Crippen LogP contribution in [0.4, 0.5) is 4.79 Å². The fraction of sp³-hybridized carbons (Fsp3) is 0.875. The Bertz CT molecular complexity index is 170. The van der Waals surface area contributed by atoms with E-state index in [1.807, 2.05) is 0 Å². The number of halogens is 1. The average Bonchev–Trinajstić information content (AvgIpc) is 1.96. The maximum atomic E-state index is 11.2. The summed E-state index contributed by atoms with van der Waals surface area (Å²) in [5.41, 5.74) is 4.70. The summed E-state index contributed by atoms with van der Waals surface area (Å²) in [6.07, 6.45) is -0.513. The first-order chi connectivity index (χ1) is 5.87. The van der Waals surface area contributed by atoms with E-state index in [1.54, 1.807) is 20.8 Å². The van der Waals surface area contributed by atoms with Crippen molar-refractivity contribution >= 4 is 18.5 Å². The van der Waals surface area contributed by atoms with Crippen molar-refractivity contribution < 1.29 is 14.4 Å². The van der Waals surface area contributed by atoms with E-state index in [1.165, 1.54) is 7.05 Å². The number of hydroxylamine groups is 2. The van der Waals surface area contributed by atoms with Gasteiger partial charge in [0.25, 0.3) is 0 Å². The highest BCUT2D eigenvalue weighted by molar-refractivity contribution is 5.85. The number of carbonyl (C=O) groups is 1. The first-order valence-corrected chi connectivity index (χ1v) is 4.16. The fourth-order valence-corrected chi connectivity index (χ4v) is 0.569. The molecule has 0 fully saturated rings. The van der Waals surface area contributed by atoms with Crippen molar-refractivity contribution in [3.63, 3.8) is 0 Å². The molecule has 0 aromatic heterocycles. The van der Waals surface area contributed by atoms with Crippen molar-refractivity contribution in [1.82, 2.24) is 5.06 Å². The van der Waals surface area contributed by atoms with Gasteiger partial charge in [-0.1, -0.05) is 0 Å². The minimum absolute atomic E-state index is 0. The molecule has 0 aliphatic heterocycles. The summed E-state index contributed by atoms with van der Waals surface area (Å²) in [6, 6.07) is 0. The lowest BCUT2D eigenvalue weighted by molar-refractivity contribution is -0.128. The third kappa shape index (κ3) is 8.10. The molecule has 0 spiro atoms. The van der Waals surface area contributed by atoms with E-state index in [0.29, 0.717) is 13.2 Å². The molecule has 0 aliphatic rings. The molecule has 0 saturated heterocycles. The van der Waals surface area contributed by atoms with Gasteiger partial charge in [0, 0.05) is 13.6 Å². The van der Waals surface area contributed by atoms with Crippen LogP contribution in [0.15, 0.2) is 0 Å². The Balaban J connectivity index is 0. The van der Waals surface area contributed by atoms with E-state index in [9.17, 15) is 4.79 Å². The Morgan fingerprint density at radius 1 is 1.43 bits per heavy atom. The highest BCUT2D eigenvalue weighted by Gasteiger charge is 2.19. The maximum Gasteiger partial charge on any atom is 0.434 e. The molecule has 0 aromatic rings. The Kier molecular flexibility index (Phi) is 7.81. The van der Waals surface area contributed by atoms with Crippen LogP contribution in [0.25, 0.3) is 0 Å². The van der Waals surface area contributed by atoms with Gasteiger partial charge in [-0.25, -0.2) is 4.79 Å². The van der Waals surface area contributed by atoms with Crippen molar-refractivity contribution in [1.29, 1.82) is 0 Å². The molecule has 0 rings (SSSR count). The molecule has 6 heteroatoms. The lowest BCUT2D eigenvalue weighted by Gasteiger charge is -2.23. The van der Waals surface area contributed by atoms with Gasteiger partial charge in [0.1, 0.15) is 5.60 Å². The highest BCUT2D eigenvalue weighted by Crippen LogP contribution is 2.08. The lowest BCUT2D eigenvalue weighted by atomic mass is 10.2. The SMILES string of the molecule is CN(OCCN)C(=O)OC(C)(C)C.Cl. The number of amides is 1. The van der Waals surface area contributed by atoms with Crippen LogP contribution in [-0.4, -0.2) is 37.0 Å². The molecule has 14 heavy (non-hydrogen) atoms. The molecule has 2 N–H and O–H groups in total. The van der Waals surface area contributed by atoms with Crippen LogP contribution in [0.1, 0.15) is 20.8 Å². The average molecular weight is 227 g/mol. The molecule has 0 aromatic carbocycles. The van der Waals surface area contributed by atoms with Crippen molar-refractivity contribution in [2.75, 3.05) is 20.2 Å². The second-order valence-corrected chi connectivity index (χ2v) is 3.60. The molecule has 0 aliphatic carbocycles. The quantitative estimate of drug-likeness (QED) is 0.734. The predicted octanol–water partition coefficient (Wildman–Crippen LogP) is 1.17. The Hall–Kier alpha value is -0.520. The molecule has 86 valence electrons. The number of nitrogens with two attached hydrogens (primary N) is 1. The van der Waals surface area contributed by atoms with Crippen LogP contribution >= 0.6 is 12.4 Å². The molecule has 0 saturated carbocycles. The zero-order valence-electron chi connectivity index (χ0n) is 9.07. The standard InChI is InChI=1S/C8H18N2O3.ClH/c1-8(2,3)13-7(11)10(4)12-6-5-9;/h5-6,9H2,1-4H3;1H. The number of hydrogen-bond donors (Lipinski definition) is 1. The first-order valence-electron chi connectivity index (χ1n) is 4.16. The largest absolute Gasteiger partial charge is 0.442 e. The smallest absolute Gasteiger partial charge is 0.434 e. The van der Waals surface area contributed by atoms with Crippen LogP contribution < -0.4 is 5.73 Å². The zero-order valence-corrected chi connectivity index (χ0v) is 9.89. The Morgan fingerprint density at radius 2 is 1.93 bits per heavy atom. The van der Waals surface area contributed by atoms with E-state index in [4.69, 9.17) is 15.3 Å². The van der Waals surface area contributed by atoms with Gasteiger partial charge in [-0.2, -0.15) is 5.06 Å². The Labute approximate surface area is 90.9 Å². The van der Waals surface area contributed by atoms with E-state index in [0.717, 1.165) is 5.06 Å². The van der Waals surface area contributed by atoms with Gasteiger partial charge in [0.05, 0.1) is 6.61 Å². The van der Waals surface area contributed by atoms with Crippen molar-refractivity contribution in [2.24, 2.45) is 5.73 Å². The topological polar surface area (TPSA) is 64.8 Å². The van der Waals surface area contributed by atoms with Gasteiger partial charge in [-0.15, -0.1) is 12.4 Å². The zero-order chi connectivity index (χ0) is 10.5. The predicted molar refractivity (Wildman–Crippen MR) is 56.3 cm³/mol. The minimum atomic E-state index is -0.513. The number of carbonyl (C=O) groups excluding carboxylic acids is 1. The molecule has 1 amide bonds. The van der Waals surface area contributed by atoms with Gasteiger partial charge in [0.15, 0.2) is 0 Å². The summed E-state index contributed by atoms with van der Waals surface area (Å²) >= 11 is 0. The van der Waals surface area contributed by atoms with Crippen molar-refractivity contribution in [2.45, 2.75) is 26.4 Å². The van der Waals surface area contributed by atoms with E-state index < -0.39 is 11.7 Å². The second kappa shape index (κ2) is 6.86. The molecular weight excluding hydrogens is 208 g/mol. The van der Waals surface area contributed by atoms with Gasteiger partial charge in [-0.05, 0) is 20.8 Å². The van der Waals surface area contributed by atoms with Crippen LogP contribution in [-0.2, 0) is 9.57 Å². The molecular formula is C8H19ClN2O3. The monoisotopic (exact) mass is 226 g/mol. The molecule has 0 atom stereocenters. The summed E-state index contributed by atoms with van der Waals surface area (Å²) in [4.78, 5) is 16.1. The van der Waals surface area contributed by atoms with Gasteiger partial charge in [0.2, 0.25) is 0 Å². The summed E-state index contributed by atoms with van der Waals surface area (Å²) in [7, 11) is 1.49. The van der Waals surface area contributed by atoms with Gasteiger partial charge < -0.3 is 10.5 Å². The number of nitrogens with zero attached hydrogens (tertiary/aromatic N) is 1. The molecule has 0 unspecified atom stereocenters. The van der Waals surface area contributed by atoms with Gasteiger partial charge >= 0.3 is 6.09 Å². The van der Waals surface area contributed by atoms with Crippen LogP contribution in [0.3, 0.4) is 0 Å². The summed E-state index contributed by atoms with van der Waals surface area (Å²) in [5, 5.41) is 1.04. The Morgan fingerprint density at radius 3 is 2.29 bits per heavy atom. The van der Waals surface area contributed by atoms with Crippen molar-refractivity contribution in [3.8, 4) is 0 Å². The summed E-state index contributed by atoms with van der Waals surface area (Å²) in [5.74, 6) is 0. The number of hydrogen-bond acceptors (Lipinski definition) is 4. The molecule has 5 nitrogen and oxygen atoms in total. The maximum absolute atomic E-state index is 11.2. The second-order valence-electron chi connectivity index (χ2n) is 3.60. The minimum Gasteiger partial charge on any atom is -0.442 e. The third-order valence-corrected chi connectivity index (χ3v) is 1.05. The van der Waals surface area contributed by atoms with Crippen LogP contribution in [0, 0.1) is 0 Å². The number of rotatable bonds is 3. The molecule has 0 radical (unpaired) electrons. The molecule has 0 bridgehead atoms. The third-order valence-electron chi connectivity index (χ3n) is 1.05. The number of ether oxygens (including phenoxy) is 1. The highest BCUT2D eigenvalue weighted by atomic mass is 35.5. The van der Waals surface area contributed by atoms with Crippen LogP contribution in [0.2, 0.25) is 0 Å². The van der Waals surface area contributed by atoms with Crippen LogP contribution in [0.5, 0.6) is 0 Å².